The van der Waals surface area contributed by atoms with Crippen LogP contribution in [0, 0.1) is 6.92 Å². The average molecular weight is 264 g/mol. The number of hydrogen-bond acceptors (Lipinski definition) is 4. The number of hydrogen-bond donors (Lipinski definition) is 1. The molecule has 1 fully saturated rings. The molecule has 6 heteroatoms. The molecule has 3 heterocycles. The molecule has 1 atom stereocenters. The van der Waals surface area contributed by atoms with Gasteiger partial charge in [0.1, 0.15) is 6.04 Å². The van der Waals surface area contributed by atoms with Gasteiger partial charge in [-0.3, -0.25) is 19.7 Å². The molecule has 1 saturated heterocycles. The summed E-state index contributed by atoms with van der Waals surface area (Å²) in [6, 6.07) is 1.49. The van der Waals surface area contributed by atoms with Gasteiger partial charge in [0, 0.05) is 17.8 Å². The Balaban J connectivity index is 1.84. The predicted octanol–water partition coefficient (Wildman–Crippen LogP) is 0.818. The monoisotopic (exact) mass is 264 g/mol. The van der Waals surface area contributed by atoms with Gasteiger partial charge in [-0.2, -0.15) is 0 Å². The maximum absolute atomic E-state index is 12.2. The topological polar surface area (TPSA) is 66.5 Å². The summed E-state index contributed by atoms with van der Waals surface area (Å²) in [5.41, 5.74) is 0.993. The summed E-state index contributed by atoms with van der Waals surface area (Å²) in [4.78, 5) is 38.5. The van der Waals surface area contributed by atoms with Gasteiger partial charge < -0.3 is 4.90 Å². The molecule has 3 amide bonds. The van der Waals surface area contributed by atoms with Crippen LogP contribution in [0.1, 0.15) is 33.0 Å². The third kappa shape index (κ3) is 1.64. The van der Waals surface area contributed by atoms with Crippen LogP contribution in [0.3, 0.4) is 0 Å². The third-order valence-corrected chi connectivity index (χ3v) is 4.40. The van der Waals surface area contributed by atoms with Gasteiger partial charge in [0.2, 0.25) is 11.8 Å². The van der Waals surface area contributed by atoms with Crippen molar-refractivity contribution in [2.45, 2.75) is 32.4 Å². The van der Waals surface area contributed by atoms with Gasteiger partial charge in [-0.05, 0) is 25.0 Å². The lowest BCUT2D eigenvalue weighted by molar-refractivity contribution is -0.136. The molecule has 0 spiro atoms. The number of rotatable bonds is 1. The number of thiophene rings is 1. The number of carbonyl (C=O) groups is 3. The zero-order chi connectivity index (χ0) is 12.9. The van der Waals surface area contributed by atoms with E-state index in [1.165, 1.54) is 11.3 Å². The zero-order valence-electron chi connectivity index (χ0n) is 9.86. The van der Waals surface area contributed by atoms with E-state index in [0.717, 1.165) is 15.3 Å². The normalized spacial score (nSPS) is 23.3. The Morgan fingerprint density at radius 3 is 2.83 bits per heavy atom. The number of piperidine rings is 1. The first kappa shape index (κ1) is 11.4. The number of nitrogens with one attached hydrogen (secondary N) is 1. The second kappa shape index (κ2) is 3.91. The molecule has 0 bridgehead atoms. The van der Waals surface area contributed by atoms with Crippen molar-refractivity contribution < 1.29 is 14.4 Å². The largest absolute Gasteiger partial charge is 0.321 e. The van der Waals surface area contributed by atoms with E-state index in [1.54, 1.807) is 4.90 Å². The maximum atomic E-state index is 12.2. The van der Waals surface area contributed by atoms with Crippen LogP contribution in [0.4, 0.5) is 0 Å². The Labute approximate surface area is 108 Å². The number of nitrogens with zero attached hydrogens (tertiary/aromatic N) is 1. The quantitative estimate of drug-likeness (QED) is 0.764. The van der Waals surface area contributed by atoms with Crippen LogP contribution in [0.25, 0.3) is 0 Å². The van der Waals surface area contributed by atoms with Crippen molar-refractivity contribution in [3.8, 4) is 0 Å². The predicted molar refractivity (Wildman–Crippen MR) is 65.1 cm³/mol. The molecular formula is C12H12N2O3S. The van der Waals surface area contributed by atoms with Crippen molar-refractivity contribution in [3.05, 3.63) is 21.4 Å². The van der Waals surface area contributed by atoms with Crippen molar-refractivity contribution in [1.29, 1.82) is 0 Å². The van der Waals surface area contributed by atoms with E-state index in [0.29, 0.717) is 19.4 Å². The molecule has 0 aliphatic carbocycles. The average Bonchev–Trinajstić information content (AvgIpc) is 2.78. The highest BCUT2D eigenvalue weighted by Crippen LogP contribution is 2.33. The van der Waals surface area contributed by atoms with Crippen molar-refractivity contribution in [2.24, 2.45) is 0 Å². The van der Waals surface area contributed by atoms with Crippen LogP contribution in [-0.4, -0.2) is 28.7 Å². The van der Waals surface area contributed by atoms with Crippen LogP contribution in [0.15, 0.2) is 6.07 Å². The van der Waals surface area contributed by atoms with E-state index in [1.807, 2.05) is 13.0 Å². The fourth-order valence-electron chi connectivity index (χ4n) is 2.48. The molecule has 0 aromatic carbocycles. The number of carbonyl (C=O) groups excluding carboxylic acids is 3. The van der Waals surface area contributed by atoms with Gasteiger partial charge >= 0.3 is 0 Å². The van der Waals surface area contributed by atoms with Crippen LogP contribution in [0.2, 0.25) is 0 Å². The van der Waals surface area contributed by atoms with Crippen molar-refractivity contribution in [1.82, 2.24) is 10.2 Å². The summed E-state index contributed by atoms with van der Waals surface area (Å²) in [5, 5.41) is 2.29. The Kier molecular flexibility index (Phi) is 2.48. The van der Waals surface area contributed by atoms with Gasteiger partial charge in [0.05, 0.1) is 4.88 Å². The first-order chi connectivity index (χ1) is 8.56. The molecule has 5 nitrogen and oxygen atoms in total. The smallest absolute Gasteiger partial charge is 0.265 e. The van der Waals surface area contributed by atoms with Gasteiger partial charge in [0.25, 0.3) is 5.91 Å². The van der Waals surface area contributed by atoms with Crippen molar-refractivity contribution in [2.75, 3.05) is 0 Å². The molecule has 1 aromatic heterocycles. The Morgan fingerprint density at radius 1 is 1.39 bits per heavy atom. The fraction of sp³-hybridized carbons (Fsp3) is 0.417. The molecule has 18 heavy (non-hydrogen) atoms. The van der Waals surface area contributed by atoms with E-state index in [2.05, 4.69) is 5.32 Å². The standard InChI is InChI=1S/C12H12N2O3S/c1-6-4-7-5-14(12(17)10(7)18-6)8-2-3-9(15)13-11(8)16/h4,8H,2-3,5H2,1H3,(H,13,15,16). The van der Waals surface area contributed by atoms with E-state index in [4.69, 9.17) is 0 Å². The highest BCUT2D eigenvalue weighted by molar-refractivity contribution is 7.14. The molecule has 94 valence electrons. The van der Waals surface area contributed by atoms with Crippen LogP contribution >= 0.6 is 11.3 Å². The first-order valence-electron chi connectivity index (χ1n) is 5.80. The van der Waals surface area contributed by atoms with E-state index < -0.39 is 6.04 Å². The van der Waals surface area contributed by atoms with Gasteiger partial charge in [-0.15, -0.1) is 11.3 Å². The van der Waals surface area contributed by atoms with Gasteiger partial charge in [0.15, 0.2) is 0 Å². The molecular weight excluding hydrogens is 252 g/mol. The third-order valence-electron chi connectivity index (χ3n) is 3.31. The highest BCUT2D eigenvalue weighted by atomic mass is 32.1. The SMILES string of the molecule is Cc1cc2c(s1)C(=O)N(C1CCC(=O)NC1=O)C2. The lowest BCUT2D eigenvalue weighted by Gasteiger charge is -2.29. The number of amides is 3. The van der Waals surface area contributed by atoms with Crippen molar-refractivity contribution in [3.63, 3.8) is 0 Å². The lowest BCUT2D eigenvalue weighted by Crippen LogP contribution is -2.52. The minimum atomic E-state index is -0.505. The highest BCUT2D eigenvalue weighted by Gasteiger charge is 2.39. The summed E-state index contributed by atoms with van der Waals surface area (Å²) in [5.74, 6) is -0.697. The van der Waals surface area contributed by atoms with Crippen LogP contribution < -0.4 is 5.32 Å². The minimum Gasteiger partial charge on any atom is -0.321 e. The van der Waals surface area contributed by atoms with Crippen LogP contribution in [-0.2, 0) is 16.1 Å². The Hall–Kier alpha value is -1.69. The summed E-state index contributed by atoms with van der Waals surface area (Å²) in [6.45, 7) is 2.44. The number of fused-ring (bicyclic) bond motifs is 1. The minimum absolute atomic E-state index is 0.0856. The molecule has 2 aliphatic rings. The van der Waals surface area contributed by atoms with Gasteiger partial charge in [-0.1, -0.05) is 0 Å². The molecule has 1 unspecified atom stereocenters. The summed E-state index contributed by atoms with van der Waals surface area (Å²) < 4.78 is 0. The Bertz CT molecular complexity index is 564. The summed E-state index contributed by atoms with van der Waals surface area (Å²) in [6.07, 6.45) is 0.719. The zero-order valence-corrected chi connectivity index (χ0v) is 10.7. The molecule has 0 radical (unpaired) electrons. The van der Waals surface area contributed by atoms with E-state index >= 15 is 0 Å². The first-order valence-corrected chi connectivity index (χ1v) is 6.62. The van der Waals surface area contributed by atoms with Crippen LogP contribution in [0.5, 0.6) is 0 Å². The molecule has 1 N–H and O–H groups in total. The lowest BCUT2D eigenvalue weighted by atomic mass is 10.0. The van der Waals surface area contributed by atoms with Crippen molar-refractivity contribution >= 4 is 29.1 Å². The number of imide groups is 1. The fourth-order valence-corrected chi connectivity index (χ4v) is 3.46. The Morgan fingerprint density at radius 2 is 2.17 bits per heavy atom. The second-order valence-corrected chi connectivity index (χ2v) is 5.87. The van der Waals surface area contributed by atoms with Gasteiger partial charge in [-0.25, -0.2) is 0 Å². The molecule has 2 aliphatic heterocycles. The number of aryl methyl sites for hydroxylation is 1. The second-order valence-electron chi connectivity index (χ2n) is 4.61. The summed E-state index contributed by atoms with van der Waals surface area (Å²) in [7, 11) is 0. The van der Waals surface area contributed by atoms with E-state index in [9.17, 15) is 14.4 Å². The summed E-state index contributed by atoms with van der Waals surface area (Å²) >= 11 is 1.46. The molecule has 0 saturated carbocycles. The molecule has 1 aromatic rings. The maximum Gasteiger partial charge on any atom is 0.265 e. The molecule has 3 rings (SSSR count). The van der Waals surface area contributed by atoms with E-state index in [-0.39, 0.29) is 17.7 Å².